The van der Waals surface area contributed by atoms with Crippen LogP contribution in [-0.4, -0.2) is 22.6 Å². The van der Waals surface area contributed by atoms with E-state index in [1.54, 1.807) is 20.8 Å². The summed E-state index contributed by atoms with van der Waals surface area (Å²) >= 11 is 4.69. The molecule has 0 heterocycles. The minimum absolute atomic E-state index is 0.141. The molecule has 0 aliphatic heterocycles. The first-order valence-corrected chi connectivity index (χ1v) is 8.15. The van der Waals surface area contributed by atoms with Gasteiger partial charge in [0.1, 0.15) is 5.75 Å². The first kappa shape index (κ1) is 19.4. The van der Waals surface area contributed by atoms with Gasteiger partial charge in [-0.25, -0.2) is 0 Å². The number of carbonyl (C=O) groups excluding carboxylic acids is 1. The van der Waals surface area contributed by atoms with E-state index in [0.29, 0.717) is 18.5 Å². The lowest BCUT2D eigenvalue weighted by Gasteiger charge is -2.37. The highest BCUT2D eigenvalue weighted by atomic mass is 35.5. The van der Waals surface area contributed by atoms with E-state index in [2.05, 4.69) is 21.7 Å². The summed E-state index contributed by atoms with van der Waals surface area (Å²) in [4.78, 5) is 24.2. The number of carboxylic acids is 1. The Morgan fingerprint density at radius 3 is 2.28 bits per heavy atom. The smallest absolute Gasteiger partial charge is 0.481 e. The number of anilines is 1. The molecule has 2 N–H and O–H groups in total. The number of nitrogens with one attached hydrogen (secondary N) is 1. The number of rotatable bonds is 5. The highest BCUT2D eigenvalue weighted by molar-refractivity contribution is 6.20. The SMILES string of the molecule is CC1(C)[C@H](C(=O)Nc2ccc(OC(F)(F)Cl)cc2)CC[C@]1(C)C(=O)O. The van der Waals surface area contributed by atoms with Gasteiger partial charge in [0.15, 0.2) is 0 Å². The van der Waals surface area contributed by atoms with Crippen LogP contribution < -0.4 is 10.1 Å². The number of hydrogen-bond acceptors (Lipinski definition) is 3. The number of carbonyl (C=O) groups is 2. The van der Waals surface area contributed by atoms with Crippen molar-refractivity contribution in [3.63, 3.8) is 0 Å². The standard InChI is InChI=1S/C17H20ClF2NO4/c1-15(2)12(8-9-16(15,3)14(23)24)13(22)21-10-4-6-11(7-5-10)25-17(18,19)20/h4-7,12H,8-9H2,1-3H3,(H,21,22)(H,23,24)/t12-,16+/m0/s1. The van der Waals surface area contributed by atoms with Crippen molar-refractivity contribution in [3.05, 3.63) is 24.3 Å². The van der Waals surface area contributed by atoms with Crippen molar-refractivity contribution in [1.29, 1.82) is 0 Å². The number of alkyl halides is 3. The van der Waals surface area contributed by atoms with Crippen LogP contribution in [0.5, 0.6) is 5.75 Å². The van der Waals surface area contributed by atoms with Crippen LogP contribution in [0.3, 0.4) is 0 Å². The monoisotopic (exact) mass is 375 g/mol. The Morgan fingerprint density at radius 1 is 1.28 bits per heavy atom. The van der Waals surface area contributed by atoms with Gasteiger partial charge in [-0.15, -0.1) is 8.78 Å². The molecule has 1 amide bonds. The quantitative estimate of drug-likeness (QED) is 0.751. The zero-order valence-electron chi connectivity index (χ0n) is 14.1. The molecule has 2 rings (SSSR count). The third kappa shape index (κ3) is 3.86. The highest BCUT2D eigenvalue weighted by Gasteiger charge is 2.58. The van der Waals surface area contributed by atoms with E-state index in [1.807, 2.05) is 0 Å². The van der Waals surface area contributed by atoms with E-state index < -0.39 is 28.3 Å². The maximum absolute atomic E-state index is 12.6. The zero-order chi connectivity index (χ0) is 19.0. The van der Waals surface area contributed by atoms with Crippen LogP contribution in [0.4, 0.5) is 14.5 Å². The number of amides is 1. The normalized spacial score (nSPS) is 25.4. The summed E-state index contributed by atoms with van der Waals surface area (Å²) in [6.07, 6.45) is 0.867. The number of hydrogen-bond donors (Lipinski definition) is 2. The fraction of sp³-hybridized carbons (Fsp3) is 0.529. The molecule has 0 unspecified atom stereocenters. The van der Waals surface area contributed by atoms with Gasteiger partial charge >= 0.3 is 11.5 Å². The molecule has 1 fully saturated rings. The second kappa shape index (κ2) is 6.44. The molecule has 2 atom stereocenters. The molecule has 0 saturated heterocycles. The molecule has 25 heavy (non-hydrogen) atoms. The third-order valence-electron chi connectivity index (χ3n) is 5.37. The van der Waals surface area contributed by atoms with Gasteiger partial charge in [0.2, 0.25) is 5.91 Å². The van der Waals surface area contributed by atoms with Gasteiger partial charge in [-0.1, -0.05) is 13.8 Å². The molecule has 0 radical (unpaired) electrons. The van der Waals surface area contributed by atoms with Crippen LogP contribution in [0.25, 0.3) is 0 Å². The minimum atomic E-state index is -3.81. The van der Waals surface area contributed by atoms with Gasteiger partial charge in [0, 0.05) is 23.2 Å². The predicted molar refractivity (Wildman–Crippen MR) is 88.7 cm³/mol. The molecular weight excluding hydrogens is 356 g/mol. The Balaban J connectivity index is 2.09. The fourth-order valence-electron chi connectivity index (χ4n) is 3.31. The number of carboxylic acid groups (broad SMARTS) is 1. The molecule has 1 saturated carbocycles. The van der Waals surface area contributed by atoms with E-state index in [4.69, 9.17) is 0 Å². The van der Waals surface area contributed by atoms with Gasteiger partial charge in [-0.3, -0.25) is 9.59 Å². The highest BCUT2D eigenvalue weighted by Crippen LogP contribution is 2.56. The predicted octanol–water partition coefficient (Wildman–Crippen LogP) is 4.32. The average molecular weight is 376 g/mol. The zero-order valence-corrected chi connectivity index (χ0v) is 14.9. The summed E-state index contributed by atoms with van der Waals surface area (Å²) in [5.74, 6) is -1.84. The van der Waals surface area contributed by atoms with E-state index in [-0.39, 0.29) is 11.7 Å². The van der Waals surface area contributed by atoms with Crippen LogP contribution in [-0.2, 0) is 9.59 Å². The van der Waals surface area contributed by atoms with Crippen molar-refractivity contribution >= 4 is 29.2 Å². The average Bonchev–Trinajstić information content (AvgIpc) is 2.71. The van der Waals surface area contributed by atoms with Gasteiger partial charge in [-0.2, -0.15) is 0 Å². The minimum Gasteiger partial charge on any atom is -0.481 e. The molecule has 138 valence electrons. The van der Waals surface area contributed by atoms with Crippen molar-refractivity contribution in [2.75, 3.05) is 5.32 Å². The van der Waals surface area contributed by atoms with E-state index in [1.165, 1.54) is 24.3 Å². The lowest BCUT2D eigenvalue weighted by atomic mass is 9.65. The van der Waals surface area contributed by atoms with Crippen molar-refractivity contribution < 1.29 is 28.2 Å². The molecule has 1 aliphatic rings. The largest absolute Gasteiger partial charge is 0.487 e. The molecule has 1 aromatic rings. The van der Waals surface area contributed by atoms with E-state index >= 15 is 0 Å². The molecule has 1 aromatic carbocycles. The Kier molecular flexibility index (Phi) is 5.01. The maximum atomic E-state index is 12.6. The van der Waals surface area contributed by atoms with E-state index in [9.17, 15) is 23.5 Å². The number of ether oxygens (including phenoxy) is 1. The van der Waals surface area contributed by atoms with Crippen molar-refractivity contribution in [2.24, 2.45) is 16.7 Å². The second-order valence-electron chi connectivity index (χ2n) is 7.01. The van der Waals surface area contributed by atoms with E-state index in [0.717, 1.165) is 0 Å². The van der Waals surface area contributed by atoms with Crippen LogP contribution in [0.15, 0.2) is 24.3 Å². The van der Waals surface area contributed by atoms with Crippen molar-refractivity contribution in [2.45, 2.75) is 39.2 Å². The topological polar surface area (TPSA) is 75.6 Å². The lowest BCUT2D eigenvalue weighted by molar-refractivity contribution is -0.154. The lowest BCUT2D eigenvalue weighted by Crippen LogP contribution is -2.43. The number of aliphatic carboxylic acids is 1. The molecule has 0 aromatic heterocycles. The molecule has 1 aliphatic carbocycles. The van der Waals surface area contributed by atoms with Gasteiger partial charge in [0.05, 0.1) is 5.41 Å². The molecular formula is C17H20ClF2NO4. The van der Waals surface area contributed by atoms with Gasteiger partial charge < -0.3 is 15.2 Å². The number of halogens is 3. The maximum Gasteiger partial charge on any atom is 0.487 e. The Labute approximate surface area is 149 Å². The summed E-state index contributed by atoms with van der Waals surface area (Å²) in [7, 11) is 0. The summed E-state index contributed by atoms with van der Waals surface area (Å²) in [6.45, 7) is 5.21. The summed E-state index contributed by atoms with van der Waals surface area (Å²) in [5.41, 5.74) is -5.12. The van der Waals surface area contributed by atoms with Gasteiger partial charge in [-0.05, 0) is 49.4 Å². The van der Waals surface area contributed by atoms with Crippen LogP contribution in [0.2, 0.25) is 0 Å². The van der Waals surface area contributed by atoms with Crippen LogP contribution in [0, 0.1) is 16.7 Å². The summed E-state index contributed by atoms with van der Waals surface area (Å²) in [5, 5.41) is 12.2. The first-order chi connectivity index (χ1) is 11.4. The molecule has 8 heteroatoms. The summed E-state index contributed by atoms with van der Waals surface area (Å²) < 4.78 is 29.3. The molecule has 0 bridgehead atoms. The summed E-state index contributed by atoms with van der Waals surface area (Å²) in [6, 6.07) is 5.34. The third-order valence-corrected chi connectivity index (χ3v) is 5.45. The number of benzene rings is 1. The second-order valence-corrected chi connectivity index (χ2v) is 7.45. The van der Waals surface area contributed by atoms with Crippen LogP contribution >= 0.6 is 11.6 Å². The molecule has 0 spiro atoms. The Morgan fingerprint density at radius 2 is 1.84 bits per heavy atom. The Hall–Kier alpha value is -1.89. The Bertz CT molecular complexity index is 672. The van der Waals surface area contributed by atoms with Gasteiger partial charge in [0.25, 0.3) is 0 Å². The van der Waals surface area contributed by atoms with Crippen molar-refractivity contribution in [1.82, 2.24) is 0 Å². The van der Waals surface area contributed by atoms with Crippen LogP contribution in [0.1, 0.15) is 33.6 Å². The fourth-order valence-corrected chi connectivity index (χ4v) is 3.40. The molecule has 5 nitrogen and oxygen atoms in total. The van der Waals surface area contributed by atoms with Crippen molar-refractivity contribution in [3.8, 4) is 5.75 Å². The first-order valence-electron chi connectivity index (χ1n) is 7.77.